The van der Waals surface area contributed by atoms with E-state index < -0.39 is 14.9 Å². The number of nitro groups is 1. The molecule has 0 unspecified atom stereocenters. The fraction of sp³-hybridized carbons (Fsp3) is 0. The van der Waals surface area contributed by atoms with Crippen LogP contribution >= 0.6 is 0 Å². The van der Waals surface area contributed by atoms with Crippen LogP contribution < -0.4 is 4.74 Å². The van der Waals surface area contributed by atoms with Crippen molar-refractivity contribution in [3.05, 3.63) is 69.1 Å². The number of azide groups is 1. The molecule has 9 nitrogen and oxygen atoms in total. The number of benzene rings is 2. The summed E-state index contributed by atoms with van der Waals surface area (Å²) in [5, 5.41) is 10.5. The highest BCUT2D eigenvalue weighted by Crippen LogP contribution is 2.25. The monoisotopic (exact) mass is 320 g/mol. The number of ether oxygens (including phenoxy) is 1. The SMILES string of the molecule is [N-]=[N+]=NS(=O)(=O)c1ccc(Oc2ccc([N+](=O)[O-])cc2)cc1. The van der Waals surface area contributed by atoms with Crippen LogP contribution in [0.5, 0.6) is 11.5 Å². The Labute approximate surface area is 124 Å². The third-order valence-electron chi connectivity index (χ3n) is 2.55. The van der Waals surface area contributed by atoms with Crippen LogP contribution in [0.4, 0.5) is 5.69 Å². The summed E-state index contributed by atoms with van der Waals surface area (Å²) in [6, 6.07) is 10.6. The van der Waals surface area contributed by atoms with E-state index in [2.05, 4.69) is 9.43 Å². The molecular weight excluding hydrogens is 312 g/mol. The van der Waals surface area contributed by atoms with Gasteiger partial charge >= 0.3 is 0 Å². The molecule has 2 aromatic rings. The van der Waals surface area contributed by atoms with Crippen molar-refractivity contribution < 1.29 is 18.1 Å². The zero-order chi connectivity index (χ0) is 16.2. The molecule has 2 aromatic carbocycles. The summed E-state index contributed by atoms with van der Waals surface area (Å²) < 4.78 is 31.1. The number of nitro benzene ring substituents is 1. The smallest absolute Gasteiger partial charge is 0.269 e. The van der Waals surface area contributed by atoms with Gasteiger partial charge in [-0.15, -0.1) is 0 Å². The maximum atomic E-state index is 11.5. The molecule has 0 radical (unpaired) electrons. The Morgan fingerprint density at radius 3 is 2.00 bits per heavy atom. The molecule has 10 heteroatoms. The van der Waals surface area contributed by atoms with E-state index in [4.69, 9.17) is 10.3 Å². The second kappa shape index (κ2) is 6.12. The van der Waals surface area contributed by atoms with Gasteiger partial charge in [0.15, 0.2) is 0 Å². The first-order valence-corrected chi connectivity index (χ1v) is 7.20. The van der Waals surface area contributed by atoms with E-state index in [1.165, 1.54) is 48.5 Å². The van der Waals surface area contributed by atoms with Gasteiger partial charge in [0, 0.05) is 21.6 Å². The molecule has 0 fully saturated rings. The lowest BCUT2D eigenvalue weighted by Crippen LogP contribution is -1.95. The molecule has 112 valence electrons. The van der Waals surface area contributed by atoms with Gasteiger partial charge in [-0.25, -0.2) is 8.42 Å². The topological polar surface area (TPSA) is 135 Å². The Hall–Kier alpha value is -3.10. The van der Waals surface area contributed by atoms with Crippen molar-refractivity contribution >= 4 is 15.7 Å². The summed E-state index contributed by atoms with van der Waals surface area (Å²) in [5.41, 5.74) is 8.11. The van der Waals surface area contributed by atoms with E-state index in [-0.39, 0.29) is 10.6 Å². The number of non-ortho nitro benzene ring substituents is 1. The quantitative estimate of drug-likeness (QED) is 0.273. The summed E-state index contributed by atoms with van der Waals surface area (Å²) in [6.07, 6.45) is 0. The third-order valence-corrected chi connectivity index (χ3v) is 3.70. The molecule has 22 heavy (non-hydrogen) atoms. The van der Waals surface area contributed by atoms with Crippen LogP contribution in [0.1, 0.15) is 0 Å². The molecule has 0 saturated heterocycles. The van der Waals surface area contributed by atoms with E-state index in [1.54, 1.807) is 0 Å². The van der Waals surface area contributed by atoms with Gasteiger partial charge in [0.25, 0.3) is 15.7 Å². The van der Waals surface area contributed by atoms with Crippen molar-refractivity contribution in [3.8, 4) is 11.5 Å². The Morgan fingerprint density at radius 2 is 1.55 bits per heavy atom. The second-order valence-corrected chi connectivity index (χ2v) is 5.56. The van der Waals surface area contributed by atoms with Gasteiger partial charge in [0.05, 0.1) is 9.82 Å². The number of hydrogen-bond acceptors (Lipinski definition) is 5. The molecule has 0 atom stereocenters. The zero-order valence-electron chi connectivity index (χ0n) is 10.9. The summed E-state index contributed by atoms with van der Waals surface area (Å²) in [5.74, 6) is 0.685. The highest BCUT2D eigenvalue weighted by Gasteiger charge is 2.12. The zero-order valence-corrected chi connectivity index (χ0v) is 11.7. The fourth-order valence-electron chi connectivity index (χ4n) is 1.55. The van der Waals surface area contributed by atoms with Crippen molar-refractivity contribution in [1.82, 2.24) is 0 Å². The first kappa shape index (κ1) is 15.3. The van der Waals surface area contributed by atoms with E-state index in [9.17, 15) is 18.5 Å². The van der Waals surface area contributed by atoms with Crippen LogP contribution in [0, 0.1) is 10.1 Å². The number of rotatable bonds is 5. The maximum absolute atomic E-state index is 11.5. The number of hydrogen-bond donors (Lipinski definition) is 0. The van der Waals surface area contributed by atoms with Gasteiger partial charge < -0.3 is 4.74 Å². The molecule has 0 spiro atoms. The Balaban J connectivity index is 2.18. The molecule has 0 heterocycles. The van der Waals surface area contributed by atoms with E-state index >= 15 is 0 Å². The molecular formula is C12H8N4O5S. The van der Waals surface area contributed by atoms with Gasteiger partial charge in [0.2, 0.25) is 0 Å². The normalized spacial score (nSPS) is 10.5. The standard InChI is InChI=1S/C12H8N4O5S/c13-14-15-22(19,20)12-7-5-11(6-8-12)21-10-3-1-9(2-4-10)16(17)18/h1-8H. The average Bonchev–Trinajstić information content (AvgIpc) is 2.48. The molecule has 0 amide bonds. The lowest BCUT2D eigenvalue weighted by atomic mass is 10.3. The van der Waals surface area contributed by atoms with Crippen molar-refractivity contribution in [2.75, 3.05) is 0 Å². The van der Waals surface area contributed by atoms with Gasteiger partial charge in [0.1, 0.15) is 11.5 Å². The Bertz CT molecular complexity index is 840. The highest BCUT2D eigenvalue weighted by atomic mass is 32.2. The van der Waals surface area contributed by atoms with E-state index in [0.717, 1.165) is 0 Å². The van der Waals surface area contributed by atoms with Crippen molar-refractivity contribution in [2.45, 2.75) is 4.90 Å². The molecule has 2 rings (SSSR count). The highest BCUT2D eigenvalue weighted by molar-refractivity contribution is 7.90. The summed E-state index contributed by atoms with van der Waals surface area (Å²) in [6.45, 7) is 0. The summed E-state index contributed by atoms with van der Waals surface area (Å²) in [7, 11) is -4.04. The molecule has 0 N–H and O–H groups in total. The van der Waals surface area contributed by atoms with Crippen LogP contribution in [-0.4, -0.2) is 13.3 Å². The lowest BCUT2D eigenvalue weighted by Gasteiger charge is -2.05. The molecule has 0 aliphatic heterocycles. The van der Waals surface area contributed by atoms with Crippen molar-refractivity contribution in [1.29, 1.82) is 0 Å². The maximum Gasteiger partial charge on any atom is 0.269 e. The van der Waals surface area contributed by atoms with Crippen molar-refractivity contribution in [2.24, 2.45) is 4.52 Å². The predicted octanol–water partition coefficient (Wildman–Crippen LogP) is 3.39. The van der Waals surface area contributed by atoms with Crippen LogP contribution in [0.3, 0.4) is 0 Å². The van der Waals surface area contributed by atoms with Gasteiger partial charge in [-0.05, 0) is 41.9 Å². The second-order valence-electron chi connectivity index (χ2n) is 3.97. The average molecular weight is 320 g/mol. The Kier molecular flexibility index (Phi) is 4.25. The molecule has 0 bridgehead atoms. The third kappa shape index (κ3) is 3.51. The van der Waals surface area contributed by atoms with Gasteiger partial charge in [-0.2, -0.15) is 0 Å². The minimum Gasteiger partial charge on any atom is -0.457 e. The van der Waals surface area contributed by atoms with Crippen LogP contribution in [0.25, 0.3) is 10.4 Å². The molecule has 0 saturated carbocycles. The summed E-state index contributed by atoms with van der Waals surface area (Å²) in [4.78, 5) is 12.1. The molecule has 0 aromatic heterocycles. The minimum atomic E-state index is -4.04. The molecule has 0 aliphatic rings. The minimum absolute atomic E-state index is 0.0665. The van der Waals surface area contributed by atoms with Crippen LogP contribution in [0.15, 0.2) is 57.9 Å². The Morgan fingerprint density at radius 1 is 1.05 bits per heavy atom. The first-order chi connectivity index (χ1) is 10.4. The van der Waals surface area contributed by atoms with Crippen LogP contribution in [-0.2, 0) is 10.0 Å². The van der Waals surface area contributed by atoms with Crippen LogP contribution in [0.2, 0.25) is 0 Å². The summed E-state index contributed by atoms with van der Waals surface area (Å²) >= 11 is 0. The van der Waals surface area contributed by atoms with Crippen molar-refractivity contribution in [3.63, 3.8) is 0 Å². The fourth-order valence-corrected chi connectivity index (χ4v) is 2.22. The predicted molar refractivity (Wildman–Crippen MR) is 75.9 cm³/mol. The van der Waals surface area contributed by atoms with Gasteiger partial charge in [-0.3, -0.25) is 10.1 Å². The lowest BCUT2D eigenvalue weighted by molar-refractivity contribution is -0.384. The first-order valence-electron chi connectivity index (χ1n) is 5.76. The number of sulfonamides is 1. The molecule has 0 aliphatic carbocycles. The number of nitrogens with zero attached hydrogens (tertiary/aromatic N) is 4. The van der Waals surface area contributed by atoms with E-state index in [1.807, 2.05) is 0 Å². The van der Waals surface area contributed by atoms with E-state index in [0.29, 0.717) is 11.5 Å². The largest absolute Gasteiger partial charge is 0.457 e. The van der Waals surface area contributed by atoms with Gasteiger partial charge in [-0.1, -0.05) is 0 Å².